The highest BCUT2D eigenvalue weighted by Crippen LogP contribution is 2.20. The van der Waals surface area contributed by atoms with Crippen LogP contribution in [0.4, 0.5) is 0 Å². The van der Waals surface area contributed by atoms with Gasteiger partial charge in [-0.2, -0.15) is 0 Å². The lowest BCUT2D eigenvalue weighted by Gasteiger charge is -2.08. The van der Waals surface area contributed by atoms with Crippen LogP contribution in [0.25, 0.3) is 0 Å². The van der Waals surface area contributed by atoms with Crippen molar-refractivity contribution in [3.05, 3.63) is 54.1 Å². The Morgan fingerprint density at radius 3 is 1.85 bits per heavy atom. The molecule has 0 aromatic heterocycles. The topological polar surface area (TPSA) is 44.8 Å². The molecule has 0 bridgehead atoms. The molecular formula is C23H30O4. The van der Waals surface area contributed by atoms with Gasteiger partial charge >= 0.3 is 5.97 Å². The van der Waals surface area contributed by atoms with Gasteiger partial charge in [0.1, 0.15) is 17.2 Å². The first-order valence-electron chi connectivity index (χ1n) is 9.90. The summed E-state index contributed by atoms with van der Waals surface area (Å²) in [7, 11) is 0. The molecule has 0 fully saturated rings. The predicted octanol–water partition coefficient (Wildman–Crippen LogP) is 6.04. The number of carbonyl (C=O) groups excluding carboxylic acids is 1. The Morgan fingerprint density at radius 1 is 0.667 bits per heavy atom. The average molecular weight is 370 g/mol. The SMILES string of the molecule is CCCCCCCOc1ccc(C(=O)Oc2ccc(OCCC)cc2)cc1. The smallest absolute Gasteiger partial charge is 0.343 e. The van der Waals surface area contributed by atoms with E-state index in [-0.39, 0.29) is 5.97 Å². The van der Waals surface area contributed by atoms with E-state index in [4.69, 9.17) is 14.2 Å². The van der Waals surface area contributed by atoms with Gasteiger partial charge in [-0.3, -0.25) is 0 Å². The Morgan fingerprint density at radius 2 is 1.22 bits per heavy atom. The fourth-order valence-corrected chi connectivity index (χ4v) is 2.57. The summed E-state index contributed by atoms with van der Waals surface area (Å²) in [5, 5.41) is 0. The Balaban J connectivity index is 1.77. The molecule has 0 spiro atoms. The van der Waals surface area contributed by atoms with Crippen LogP contribution in [0.2, 0.25) is 0 Å². The highest BCUT2D eigenvalue weighted by molar-refractivity contribution is 5.91. The van der Waals surface area contributed by atoms with Crippen LogP contribution in [0.1, 0.15) is 62.7 Å². The Bertz CT molecular complexity index is 662. The van der Waals surface area contributed by atoms with Gasteiger partial charge in [0.05, 0.1) is 18.8 Å². The van der Waals surface area contributed by atoms with E-state index in [1.807, 2.05) is 12.1 Å². The normalized spacial score (nSPS) is 10.4. The zero-order chi connectivity index (χ0) is 19.3. The van der Waals surface area contributed by atoms with Gasteiger partial charge in [0.2, 0.25) is 0 Å². The molecule has 0 N–H and O–H groups in total. The molecule has 4 nitrogen and oxygen atoms in total. The molecule has 27 heavy (non-hydrogen) atoms. The molecule has 0 aliphatic rings. The van der Waals surface area contributed by atoms with Crippen LogP contribution >= 0.6 is 0 Å². The minimum absolute atomic E-state index is 0.386. The largest absolute Gasteiger partial charge is 0.494 e. The summed E-state index contributed by atoms with van der Waals surface area (Å²) in [6.07, 6.45) is 6.99. The highest BCUT2D eigenvalue weighted by atomic mass is 16.5. The van der Waals surface area contributed by atoms with E-state index in [2.05, 4.69) is 13.8 Å². The third-order valence-corrected chi connectivity index (χ3v) is 4.11. The lowest BCUT2D eigenvalue weighted by atomic mass is 10.2. The lowest BCUT2D eigenvalue weighted by molar-refractivity contribution is 0.0734. The zero-order valence-electron chi connectivity index (χ0n) is 16.4. The fourth-order valence-electron chi connectivity index (χ4n) is 2.57. The van der Waals surface area contributed by atoms with Gasteiger partial charge in [0.25, 0.3) is 0 Å². The molecule has 0 atom stereocenters. The maximum absolute atomic E-state index is 12.2. The zero-order valence-corrected chi connectivity index (χ0v) is 16.4. The molecule has 0 radical (unpaired) electrons. The van der Waals surface area contributed by atoms with Crippen molar-refractivity contribution >= 4 is 5.97 Å². The van der Waals surface area contributed by atoms with Crippen molar-refractivity contribution in [3.8, 4) is 17.2 Å². The number of benzene rings is 2. The van der Waals surface area contributed by atoms with E-state index in [9.17, 15) is 4.79 Å². The molecule has 0 unspecified atom stereocenters. The number of rotatable bonds is 12. The van der Waals surface area contributed by atoms with Gasteiger partial charge in [0, 0.05) is 0 Å². The summed E-state index contributed by atoms with van der Waals surface area (Å²) in [6, 6.07) is 14.2. The monoisotopic (exact) mass is 370 g/mol. The van der Waals surface area contributed by atoms with Crippen LogP contribution in [-0.2, 0) is 0 Å². The van der Waals surface area contributed by atoms with Crippen LogP contribution in [0, 0.1) is 0 Å². The predicted molar refractivity (Wildman–Crippen MR) is 108 cm³/mol. The average Bonchev–Trinajstić information content (AvgIpc) is 2.70. The molecule has 4 heteroatoms. The fraction of sp³-hybridized carbons (Fsp3) is 0.435. The van der Waals surface area contributed by atoms with Crippen LogP contribution in [-0.4, -0.2) is 19.2 Å². The van der Waals surface area contributed by atoms with Gasteiger partial charge in [-0.15, -0.1) is 0 Å². The number of carbonyl (C=O) groups is 1. The minimum atomic E-state index is -0.386. The lowest BCUT2D eigenvalue weighted by Crippen LogP contribution is -2.08. The van der Waals surface area contributed by atoms with E-state index in [0.29, 0.717) is 24.5 Å². The molecule has 0 aliphatic heterocycles. The first-order valence-corrected chi connectivity index (χ1v) is 9.90. The van der Waals surface area contributed by atoms with E-state index in [1.165, 1.54) is 25.7 Å². The number of unbranched alkanes of at least 4 members (excludes halogenated alkanes) is 4. The van der Waals surface area contributed by atoms with Crippen molar-refractivity contribution in [3.63, 3.8) is 0 Å². The Hall–Kier alpha value is -2.49. The molecule has 0 heterocycles. The van der Waals surface area contributed by atoms with Crippen molar-refractivity contribution in [2.45, 2.75) is 52.4 Å². The van der Waals surface area contributed by atoms with Crippen LogP contribution < -0.4 is 14.2 Å². The van der Waals surface area contributed by atoms with Gasteiger partial charge < -0.3 is 14.2 Å². The summed E-state index contributed by atoms with van der Waals surface area (Å²) >= 11 is 0. The van der Waals surface area contributed by atoms with Crippen molar-refractivity contribution in [1.29, 1.82) is 0 Å². The van der Waals surface area contributed by atoms with Crippen molar-refractivity contribution in [2.75, 3.05) is 13.2 Å². The second-order valence-corrected chi connectivity index (χ2v) is 6.50. The molecule has 0 saturated heterocycles. The van der Waals surface area contributed by atoms with Crippen molar-refractivity contribution in [2.24, 2.45) is 0 Å². The third-order valence-electron chi connectivity index (χ3n) is 4.11. The summed E-state index contributed by atoms with van der Waals surface area (Å²) < 4.78 is 16.6. The molecule has 0 aliphatic carbocycles. The molecule has 146 valence electrons. The second-order valence-electron chi connectivity index (χ2n) is 6.50. The maximum Gasteiger partial charge on any atom is 0.343 e. The van der Waals surface area contributed by atoms with Crippen LogP contribution in [0.3, 0.4) is 0 Å². The Labute approximate surface area is 162 Å². The maximum atomic E-state index is 12.2. The van der Waals surface area contributed by atoms with E-state index >= 15 is 0 Å². The highest BCUT2D eigenvalue weighted by Gasteiger charge is 2.09. The molecule has 0 saturated carbocycles. The summed E-state index contributed by atoms with van der Waals surface area (Å²) in [4.78, 5) is 12.2. The summed E-state index contributed by atoms with van der Waals surface area (Å²) in [6.45, 7) is 5.65. The van der Waals surface area contributed by atoms with Crippen LogP contribution in [0.15, 0.2) is 48.5 Å². The summed E-state index contributed by atoms with van der Waals surface area (Å²) in [5.74, 6) is 1.66. The number of ether oxygens (including phenoxy) is 3. The molecule has 2 aromatic carbocycles. The van der Waals surface area contributed by atoms with Gasteiger partial charge in [0.15, 0.2) is 0 Å². The number of esters is 1. The molecule has 0 amide bonds. The second kappa shape index (κ2) is 12.0. The number of hydrogen-bond acceptors (Lipinski definition) is 4. The number of hydrogen-bond donors (Lipinski definition) is 0. The summed E-state index contributed by atoms with van der Waals surface area (Å²) in [5.41, 5.74) is 0.497. The molecular weight excluding hydrogens is 340 g/mol. The van der Waals surface area contributed by atoms with Gasteiger partial charge in [-0.1, -0.05) is 39.5 Å². The third kappa shape index (κ3) is 7.73. The van der Waals surface area contributed by atoms with Crippen molar-refractivity contribution < 1.29 is 19.0 Å². The van der Waals surface area contributed by atoms with E-state index < -0.39 is 0 Å². The van der Waals surface area contributed by atoms with E-state index in [0.717, 1.165) is 24.3 Å². The van der Waals surface area contributed by atoms with Crippen molar-refractivity contribution in [1.82, 2.24) is 0 Å². The quantitative estimate of drug-likeness (QED) is 0.259. The van der Waals surface area contributed by atoms with Gasteiger partial charge in [-0.05, 0) is 61.4 Å². The van der Waals surface area contributed by atoms with Crippen LogP contribution in [0.5, 0.6) is 17.2 Å². The van der Waals surface area contributed by atoms with Gasteiger partial charge in [-0.25, -0.2) is 4.79 Å². The minimum Gasteiger partial charge on any atom is -0.494 e. The van der Waals surface area contributed by atoms with E-state index in [1.54, 1.807) is 36.4 Å². The standard InChI is InChI=1S/C23H30O4/c1-3-5-6-7-8-18-26-20-11-9-19(10-12-20)23(24)27-22-15-13-21(14-16-22)25-17-4-2/h9-16H,3-8,17-18H2,1-2H3. The molecule has 2 rings (SSSR count). The first-order chi connectivity index (χ1) is 13.2. The first kappa shape index (κ1) is 20.8. The Kier molecular flexibility index (Phi) is 9.25. The molecule has 2 aromatic rings.